The van der Waals surface area contributed by atoms with E-state index in [0.29, 0.717) is 22.6 Å². The van der Waals surface area contributed by atoms with Gasteiger partial charge in [0.05, 0.1) is 4.92 Å². The number of Topliss-reactive ketones (excluding diaryl/α,β-unsaturated/α-hetero) is 1. The third kappa shape index (κ3) is 4.70. The maximum atomic E-state index is 12.1. The molecule has 0 aliphatic carbocycles. The molecule has 0 aliphatic rings. The van der Waals surface area contributed by atoms with Gasteiger partial charge < -0.3 is 10.1 Å². The smallest absolute Gasteiger partial charge is 0.349 e. The van der Waals surface area contributed by atoms with Gasteiger partial charge in [-0.2, -0.15) is 0 Å². The molecule has 8 nitrogen and oxygen atoms in total. The zero-order valence-electron chi connectivity index (χ0n) is 13.3. The Hall–Kier alpha value is -3.07. The third-order valence-electron chi connectivity index (χ3n) is 3.18. The number of thiophene rings is 1. The van der Waals surface area contributed by atoms with Crippen LogP contribution in [0.2, 0.25) is 0 Å². The molecule has 1 aromatic heterocycles. The molecule has 25 heavy (non-hydrogen) atoms. The van der Waals surface area contributed by atoms with E-state index in [1.807, 2.05) is 0 Å². The van der Waals surface area contributed by atoms with E-state index in [-0.39, 0.29) is 15.7 Å². The van der Waals surface area contributed by atoms with Crippen LogP contribution in [0.4, 0.5) is 10.7 Å². The summed E-state index contributed by atoms with van der Waals surface area (Å²) < 4.78 is 5.01. The lowest BCUT2D eigenvalue weighted by Gasteiger charge is -2.13. The predicted octanol–water partition coefficient (Wildman–Crippen LogP) is 3.04. The van der Waals surface area contributed by atoms with Crippen molar-refractivity contribution in [1.82, 2.24) is 0 Å². The predicted molar refractivity (Wildman–Crippen MR) is 90.9 cm³/mol. The van der Waals surface area contributed by atoms with Crippen LogP contribution < -0.4 is 5.32 Å². The summed E-state index contributed by atoms with van der Waals surface area (Å²) in [6, 6.07) is 8.73. The second-order valence-corrected chi connectivity index (χ2v) is 6.13. The van der Waals surface area contributed by atoms with E-state index in [1.54, 1.807) is 24.3 Å². The first-order valence-corrected chi connectivity index (χ1v) is 7.96. The molecule has 1 heterocycles. The molecule has 0 bridgehead atoms. The maximum Gasteiger partial charge on any atom is 0.349 e. The minimum atomic E-state index is -1.10. The van der Waals surface area contributed by atoms with Gasteiger partial charge >= 0.3 is 11.0 Å². The number of nitrogens with one attached hydrogen (secondary N) is 1. The molecule has 0 saturated carbocycles. The zero-order chi connectivity index (χ0) is 18.6. The van der Waals surface area contributed by atoms with Crippen LogP contribution in [-0.4, -0.2) is 28.7 Å². The van der Waals surface area contributed by atoms with E-state index >= 15 is 0 Å². The van der Waals surface area contributed by atoms with E-state index in [1.165, 1.54) is 26.0 Å². The van der Waals surface area contributed by atoms with E-state index in [2.05, 4.69) is 5.32 Å². The largest absolute Gasteiger partial charge is 0.448 e. The summed E-state index contributed by atoms with van der Waals surface area (Å²) in [5.74, 6) is -1.46. The summed E-state index contributed by atoms with van der Waals surface area (Å²) >= 11 is 0.674. The van der Waals surface area contributed by atoms with Crippen LogP contribution >= 0.6 is 11.3 Å². The number of carbonyl (C=O) groups is 3. The van der Waals surface area contributed by atoms with E-state index in [9.17, 15) is 24.5 Å². The third-order valence-corrected chi connectivity index (χ3v) is 4.20. The van der Waals surface area contributed by atoms with Gasteiger partial charge in [-0.05, 0) is 44.2 Å². The summed E-state index contributed by atoms with van der Waals surface area (Å²) in [6.45, 7) is 2.82. The minimum Gasteiger partial charge on any atom is -0.448 e. The van der Waals surface area contributed by atoms with Crippen LogP contribution in [0, 0.1) is 10.1 Å². The van der Waals surface area contributed by atoms with Gasteiger partial charge in [0.25, 0.3) is 5.91 Å². The number of ketones is 1. The number of nitrogens with zero attached hydrogens (tertiary/aromatic N) is 1. The van der Waals surface area contributed by atoms with Gasteiger partial charge in [0, 0.05) is 17.3 Å². The number of ether oxygens (including phenoxy) is 1. The molecule has 0 saturated heterocycles. The molecular formula is C16H14N2O6S. The first-order chi connectivity index (χ1) is 11.8. The highest BCUT2D eigenvalue weighted by Crippen LogP contribution is 2.24. The monoisotopic (exact) mass is 362 g/mol. The Morgan fingerprint density at radius 1 is 1.16 bits per heavy atom. The lowest BCUT2D eigenvalue weighted by molar-refractivity contribution is -0.380. The number of anilines is 1. The molecule has 2 rings (SSSR count). The highest BCUT2D eigenvalue weighted by molar-refractivity contribution is 7.17. The summed E-state index contributed by atoms with van der Waals surface area (Å²) in [5.41, 5.74) is 0.960. The number of amides is 1. The molecule has 1 amide bonds. The first-order valence-electron chi connectivity index (χ1n) is 7.15. The van der Waals surface area contributed by atoms with Crippen LogP contribution in [0.3, 0.4) is 0 Å². The molecule has 1 atom stereocenters. The molecule has 0 fully saturated rings. The van der Waals surface area contributed by atoms with Gasteiger partial charge in [-0.1, -0.05) is 11.3 Å². The summed E-state index contributed by atoms with van der Waals surface area (Å²) in [7, 11) is 0. The molecule has 9 heteroatoms. The van der Waals surface area contributed by atoms with Crippen molar-refractivity contribution in [3.05, 3.63) is 57.0 Å². The quantitative estimate of drug-likeness (QED) is 0.365. The normalized spacial score (nSPS) is 11.4. The molecule has 1 N–H and O–H groups in total. The molecule has 0 spiro atoms. The number of rotatable bonds is 6. The number of hydrogen-bond acceptors (Lipinski definition) is 7. The highest BCUT2D eigenvalue weighted by atomic mass is 32.1. The van der Waals surface area contributed by atoms with Crippen LogP contribution in [0.15, 0.2) is 36.4 Å². The van der Waals surface area contributed by atoms with Gasteiger partial charge in [-0.3, -0.25) is 19.7 Å². The molecule has 2 aromatic rings. The maximum absolute atomic E-state index is 12.1. The van der Waals surface area contributed by atoms with E-state index < -0.39 is 22.9 Å². The van der Waals surface area contributed by atoms with Crippen molar-refractivity contribution >= 4 is 39.7 Å². The van der Waals surface area contributed by atoms with Crippen LogP contribution in [0.5, 0.6) is 0 Å². The average Bonchev–Trinajstić information content (AvgIpc) is 3.05. The first kappa shape index (κ1) is 18.3. The second-order valence-electron chi connectivity index (χ2n) is 5.07. The molecule has 1 aromatic carbocycles. The Bertz CT molecular complexity index is 827. The van der Waals surface area contributed by atoms with Crippen molar-refractivity contribution in [2.24, 2.45) is 0 Å². The lowest BCUT2D eigenvalue weighted by Crippen LogP contribution is -2.29. The highest BCUT2D eigenvalue weighted by Gasteiger charge is 2.22. The molecule has 130 valence electrons. The van der Waals surface area contributed by atoms with Crippen LogP contribution in [-0.2, 0) is 9.53 Å². The number of nitro groups is 1. The number of esters is 1. The van der Waals surface area contributed by atoms with Crippen molar-refractivity contribution in [1.29, 1.82) is 0 Å². The molecular weight excluding hydrogens is 348 g/mol. The van der Waals surface area contributed by atoms with Crippen molar-refractivity contribution in [3.63, 3.8) is 0 Å². The fraction of sp³-hybridized carbons (Fsp3) is 0.188. The SMILES string of the molecule is CC(=O)c1ccc(NC(=O)[C@@H](C)OC(=O)c2ccc([N+](=O)[O-])s2)cc1. The number of carbonyl (C=O) groups excluding carboxylic acids is 3. The second kappa shape index (κ2) is 7.67. The standard InChI is InChI=1S/C16H14N2O6S/c1-9(19)11-3-5-12(6-4-11)17-15(20)10(2)24-16(21)13-7-8-14(25-13)18(22)23/h3-8,10H,1-2H3,(H,17,20)/t10-/m1/s1. The van der Waals surface area contributed by atoms with Crippen molar-refractivity contribution in [3.8, 4) is 0 Å². The Kier molecular flexibility index (Phi) is 5.60. The lowest BCUT2D eigenvalue weighted by atomic mass is 10.1. The van der Waals surface area contributed by atoms with Gasteiger partial charge in [-0.15, -0.1) is 0 Å². The fourth-order valence-corrected chi connectivity index (χ4v) is 2.54. The van der Waals surface area contributed by atoms with E-state index in [4.69, 9.17) is 4.74 Å². The summed E-state index contributed by atoms with van der Waals surface area (Å²) in [6.07, 6.45) is -1.10. The zero-order valence-corrected chi connectivity index (χ0v) is 14.2. The summed E-state index contributed by atoms with van der Waals surface area (Å²) in [4.78, 5) is 45.2. The van der Waals surface area contributed by atoms with Crippen molar-refractivity contribution < 1.29 is 24.0 Å². The van der Waals surface area contributed by atoms with Gasteiger partial charge in [-0.25, -0.2) is 4.79 Å². The minimum absolute atomic E-state index is 0.0390. The van der Waals surface area contributed by atoms with Crippen molar-refractivity contribution in [2.75, 3.05) is 5.32 Å². The molecule has 0 unspecified atom stereocenters. The van der Waals surface area contributed by atoms with Gasteiger partial charge in [0.1, 0.15) is 4.88 Å². The van der Waals surface area contributed by atoms with E-state index in [0.717, 1.165) is 0 Å². The van der Waals surface area contributed by atoms with Crippen LogP contribution in [0.1, 0.15) is 33.9 Å². The Morgan fingerprint density at radius 3 is 2.32 bits per heavy atom. The van der Waals surface area contributed by atoms with Crippen molar-refractivity contribution in [2.45, 2.75) is 20.0 Å². The topological polar surface area (TPSA) is 116 Å². The fourth-order valence-electron chi connectivity index (χ4n) is 1.84. The number of benzene rings is 1. The molecule has 0 radical (unpaired) electrons. The number of hydrogen-bond donors (Lipinski definition) is 1. The summed E-state index contributed by atoms with van der Waals surface area (Å²) in [5, 5.41) is 13.0. The van der Waals surface area contributed by atoms with Crippen LogP contribution in [0.25, 0.3) is 0 Å². The molecule has 0 aliphatic heterocycles. The Labute approximate surface area is 146 Å². The Morgan fingerprint density at radius 2 is 1.80 bits per heavy atom. The van der Waals surface area contributed by atoms with Gasteiger partial charge in [0.2, 0.25) is 0 Å². The average molecular weight is 362 g/mol. The van der Waals surface area contributed by atoms with Gasteiger partial charge in [0.15, 0.2) is 11.9 Å². The Balaban J connectivity index is 1.95.